The number of imide groups is 1. The van der Waals surface area contributed by atoms with Crippen LogP contribution in [0.3, 0.4) is 0 Å². The minimum absolute atomic E-state index is 0.113. The van der Waals surface area contributed by atoms with Crippen molar-refractivity contribution < 1.29 is 14.4 Å². The van der Waals surface area contributed by atoms with Crippen LogP contribution in [0.4, 0.5) is 0 Å². The van der Waals surface area contributed by atoms with E-state index in [1.54, 1.807) is 0 Å². The van der Waals surface area contributed by atoms with Crippen LogP contribution >= 0.6 is 0 Å². The number of nitrogens with zero attached hydrogens (tertiary/aromatic N) is 2. The van der Waals surface area contributed by atoms with Crippen molar-refractivity contribution in [1.82, 2.24) is 10.3 Å². The van der Waals surface area contributed by atoms with E-state index in [1.807, 2.05) is 91.0 Å². The molecule has 158 valence electrons. The lowest BCUT2D eigenvalue weighted by molar-refractivity contribution is -0.140. The zero-order chi connectivity index (χ0) is 22.1. The second-order valence-electron chi connectivity index (χ2n) is 7.95. The zero-order valence-corrected chi connectivity index (χ0v) is 17.2. The van der Waals surface area contributed by atoms with Crippen LogP contribution in [0.5, 0.6) is 0 Å². The van der Waals surface area contributed by atoms with Gasteiger partial charge in [0.1, 0.15) is 17.7 Å². The molecule has 3 aromatic carbocycles. The molecule has 2 amide bonds. The Morgan fingerprint density at radius 1 is 0.812 bits per heavy atom. The Labute approximate surface area is 185 Å². The van der Waals surface area contributed by atoms with Crippen LogP contribution in [0.1, 0.15) is 22.6 Å². The molecule has 2 heterocycles. The van der Waals surface area contributed by atoms with E-state index in [4.69, 9.17) is 0 Å². The lowest BCUT2D eigenvalue weighted by Crippen LogP contribution is -2.36. The van der Waals surface area contributed by atoms with Gasteiger partial charge in [0, 0.05) is 0 Å². The third-order valence-electron chi connectivity index (χ3n) is 5.98. The van der Waals surface area contributed by atoms with Gasteiger partial charge >= 0.3 is 0 Å². The normalized spacial score (nSPS) is 19.7. The number of likely N-dealkylation sites (tertiary alicyclic amines) is 1. The SMILES string of the molecule is O=C(C1=NN[C@H]2C(=O)N(Cc3ccccc3)C(=O)[C@H]12)C(c1ccccc1)c1ccccc1. The standard InChI is InChI=1S/C26H21N3O3/c30-24(20(18-12-6-2-7-13-18)19-14-8-3-9-15-19)22-21-23(28-27-22)26(32)29(25(21)31)16-17-10-4-1-5-11-17/h1-15,20-21,23,28H,16H2/t21-,23-/m1/s1. The highest BCUT2D eigenvalue weighted by Gasteiger charge is 2.55. The fourth-order valence-electron chi connectivity index (χ4n) is 4.41. The molecule has 0 unspecified atom stereocenters. The number of nitrogens with one attached hydrogen (secondary N) is 1. The average molecular weight is 423 g/mol. The molecule has 3 aromatic rings. The second kappa shape index (κ2) is 8.23. The summed E-state index contributed by atoms with van der Waals surface area (Å²) in [6.45, 7) is 0.176. The van der Waals surface area contributed by atoms with Crippen LogP contribution in [0.15, 0.2) is 96.1 Å². The topological polar surface area (TPSA) is 78.8 Å². The fraction of sp³-hybridized carbons (Fsp3) is 0.154. The third kappa shape index (κ3) is 3.39. The average Bonchev–Trinajstić information content (AvgIpc) is 3.37. The van der Waals surface area contributed by atoms with Crippen molar-refractivity contribution in [3.63, 3.8) is 0 Å². The molecule has 0 spiro atoms. The summed E-state index contributed by atoms with van der Waals surface area (Å²) in [5, 5.41) is 4.18. The summed E-state index contributed by atoms with van der Waals surface area (Å²) in [5.74, 6) is -2.53. The largest absolute Gasteiger partial charge is 0.296 e. The third-order valence-corrected chi connectivity index (χ3v) is 5.98. The summed E-state index contributed by atoms with van der Waals surface area (Å²) < 4.78 is 0. The van der Waals surface area contributed by atoms with Gasteiger partial charge in [0.05, 0.1) is 12.5 Å². The number of hydrogen-bond acceptors (Lipinski definition) is 5. The first-order valence-corrected chi connectivity index (χ1v) is 10.5. The molecule has 5 rings (SSSR count). The molecule has 1 saturated heterocycles. The van der Waals surface area contributed by atoms with Gasteiger partial charge in [-0.25, -0.2) is 0 Å². The minimum atomic E-state index is -0.909. The van der Waals surface area contributed by atoms with Gasteiger partial charge in [0.2, 0.25) is 5.91 Å². The van der Waals surface area contributed by atoms with Crippen LogP contribution in [-0.4, -0.2) is 34.3 Å². The summed E-state index contributed by atoms with van der Waals surface area (Å²) in [5.41, 5.74) is 5.35. The minimum Gasteiger partial charge on any atom is -0.296 e. The zero-order valence-electron chi connectivity index (χ0n) is 17.2. The Bertz CT molecular complexity index is 1150. The molecule has 0 aromatic heterocycles. The Balaban J connectivity index is 1.46. The van der Waals surface area contributed by atoms with E-state index in [9.17, 15) is 14.4 Å². The Morgan fingerprint density at radius 2 is 1.34 bits per heavy atom. The number of carbonyl (C=O) groups is 3. The maximum absolute atomic E-state index is 13.8. The number of rotatable bonds is 6. The number of ketones is 1. The highest BCUT2D eigenvalue weighted by Crippen LogP contribution is 2.33. The van der Waals surface area contributed by atoms with Crippen LogP contribution in [0, 0.1) is 5.92 Å². The number of hydrazone groups is 1. The molecule has 1 fully saturated rings. The lowest BCUT2D eigenvalue weighted by Gasteiger charge is -2.19. The summed E-state index contributed by atoms with van der Waals surface area (Å²) in [6.07, 6.45) is 0. The van der Waals surface area contributed by atoms with Crippen molar-refractivity contribution in [2.24, 2.45) is 11.0 Å². The van der Waals surface area contributed by atoms with Gasteiger partial charge in [-0.2, -0.15) is 5.10 Å². The fourth-order valence-corrected chi connectivity index (χ4v) is 4.41. The van der Waals surface area contributed by atoms with Gasteiger partial charge in [-0.3, -0.25) is 24.7 Å². The monoisotopic (exact) mass is 423 g/mol. The molecule has 6 nitrogen and oxygen atoms in total. The maximum atomic E-state index is 13.8. The Hall–Kier alpha value is -4.06. The first-order chi connectivity index (χ1) is 15.6. The Morgan fingerprint density at radius 3 is 1.91 bits per heavy atom. The van der Waals surface area contributed by atoms with Crippen molar-refractivity contribution in [1.29, 1.82) is 0 Å². The van der Waals surface area contributed by atoms with Crippen LogP contribution in [0.25, 0.3) is 0 Å². The molecule has 32 heavy (non-hydrogen) atoms. The highest BCUT2D eigenvalue weighted by molar-refractivity contribution is 6.48. The van der Waals surface area contributed by atoms with E-state index in [0.717, 1.165) is 16.7 Å². The lowest BCUT2D eigenvalue weighted by atomic mass is 9.82. The number of fused-ring (bicyclic) bond motifs is 1. The number of amides is 2. The molecule has 0 radical (unpaired) electrons. The van der Waals surface area contributed by atoms with Gasteiger partial charge in [-0.1, -0.05) is 91.0 Å². The highest BCUT2D eigenvalue weighted by atomic mass is 16.2. The van der Waals surface area contributed by atoms with Crippen molar-refractivity contribution in [2.75, 3.05) is 0 Å². The Kier molecular flexibility index (Phi) is 5.11. The van der Waals surface area contributed by atoms with Crippen molar-refractivity contribution in [3.8, 4) is 0 Å². The number of Topliss-reactive ketones (excluding diaryl/α,β-unsaturated/α-hetero) is 1. The molecule has 6 heteroatoms. The van der Waals surface area contributed by atoms with Gasteiger partial charge in [-0.05, 0) is 16.7 Å². The number of hydrogen-bond donors (Lipinski definition) is 1. The molecule has 2 atom stereocenters. The summed E-state index contributed by atoms with van der Waals surface area (Å²) >= 11 is 0. The molecule has 0 saturated carbocycles. The van der Waals surface area contributed by atoms with E-state index in [-0.39, 0.29) is 29.9 Å². The van der Waals surface area contributed by atoms with Gasteiger partial charge < -0.3 is 0 Å². The summed E-state index contributed by atoms with van der Waals surface area (Å²) in [4.78, 5) is 41.2. The van der Waals surface area contributed by atoms with Gasteiger partial charge in [0.25, 0.3) is 5.91 Å². The van der Waals surface area contributed by atoms with Gasteiger partial charge in [0.15, 0.2) is 5.78 Å². The molecule has 0 aliphatic carbocycles. The van der Waals surface area contributed by atoms with E-state index >= 15 is 0 Å². The number of benzene rings is 3. The van der Waals surface area contributed by atoms with Crippen LogP contribution < -0.4 is 5.43 Å². The van der Waals surface area contributed by atoms with Crippen molar-refractivity contribution in [2.45, 2.75) is 18.5 Å². The van der Waals surface area contributed by atoms with E-state index in [2.05, 4.69) is 10.5 Å². The first kappa shape index (κ1) is 19.9. The van der Waals surface area contributed by atoms with Gasteiger partial charge in [-0.15, -0.1) is 0 Å². The first-order valence-electron chi connectivity index (χ1n) is 10.5. The van der Waals surface area contributed by atoms with Crippen LogP contribution in [0.2, 0.25) is 0 Å². The molecular formula is C26H21N3O3. The maximum Gasteiger partial charge on any atom is 0.254 e. The molecule has 0 bridgehead atoms. The smallest absolute Gasteiger partial charge is 0.254 e. The van der Waals surface area contributed by atoms with E-state index in [1.165, 1.54) is 4.90 Å². The summed E-state index contributed by atoms with van der Waals surface area (Å²) in [7, 11) is 0. The predicted molar refractivity (Wildman–Crippen MR) is 120 cm³/mol. The second-order valence-corrected chi connectivity index (χ2v) is 7.95. The molecule has 1 N–H and O–H groups in total. The van der Waals surface area contributed by atoms with E-state index in [0.29, 0.717) is 0 Å². The number of carbonyl (C=O) groups excluding carboxylic acids is 3. The van der Waals surface area contributed by atoms with Crippen molar-refractivity contribution >= 4 is 23.3 Å². The summed E-state index contributed by atoms with van der Waals surface area (Å²) in [6, 6.07) is 27.3. The van der Waals surface area contributed by atoms with Crippen LogP contribution in [-0.2, 0) is 20.9 Å². The molecule has 2 aliphatic rings. The molecule has 2 aliphatic heterocycles. The molecular weight excluding hydrogens is 402 g/mol. The van der Waals surface area contributed by atoms with E-state index < -0.39 is 17.9 Å². The van der Waals surface area contributed by atoms with Crippen molar-refractivity contribution in [3.05, 3.63) is 108 Å². The predicted octanol–water partition coefficient (Wildman–Crippen LogP) is 2.90. The quantitative estimate of drug-likeness (QED) is 0.619.